The highest BCUT2D eigenvalue weighted by atomic mass is 32.1. The van der Waals surface area contributed by atoms with Crippen molar-refractivity contribution in [2.75, 3.05) is 7.05 Å². The molecule has 3 rings (SSSR count). The maximum absolute atomic E-state index is 12.6. The van der Waals surface area contributed by atoms with Gasteiger partial charge in [-0.3, -0.25) is 4.79 Å². The van der Waals surface area contributed by atoms with Crippen molar-refractivity contribution in [1.29, 1.82) is 0 Å². The molecule has 2 aromatic heterocycles. The third kappa shape index (κ3) is 4.29. The van der Waals surface area contributed by atoms with Crippen LogP contribution in [0.15, 0.2) is 40.2 Å². The third-order valence-electron chi connectivity index (χ3n) is 3.81. The van der Waals surface area contributed by atoms with Crippen LogP contribution in [0.1, 0.15) is 23.9 Å². The van der Waals surface area contributed by atoms with Crippen molar-refractivity contribution in [3.63, 3.8) is 0 Å². The summed E-state index contributed by atoms with van der Waals surface area (Å²) >= 11 is 1.54. The van der Waals surface area contributed by atoms with Gasteiger partial charge >= 0.3 is 0 Å². The molecule has 1 amide bonds. The van der Waals surface area contributed by atoms with Crippen molar-refractivity contribution < 1.29 is 14.1 Å². The number of ether oxygens (including phenoxy) is 1. The molecule has 0 fully saturated rings. The zero-order valence-electron chi connectivity index (χ0n) is 15.2. The van der Waals surface area contributed by atoms with Gasteiger partial charge in [-0.2, -0.15) is 4.98 Å². The SMILES string of the molecule is Cc1cc(C)cc(OC(C)C(=O)N(C)Cc2nc(-c3cccs3)no2)c1. The summed E-state index contributed by atoms with van der Waals surface area (Å²) in [6, 6.07) is 9.75. The Morgan fingerprint density at radius 1 is 1.31 bits per heavy atom. The first-order chi connectivity index (χ1) is 12.4. The lowest BCUT2D eigenvalue weighted by Gasteiger charge is -2.21. The largest absolute Gasteiger partial charge is 0.481 e. The number of hydrogen-bond donors (Lipinski definition) is 0. The van der Waals surface area contributed by atoms with Crippen LogP contribution in [0.3, 0.4) is 0 Å². The highest BCUT2D eigenvalue weighted by molar-refractivity contribution is 7.13. The van der Waals surface area contributed by atoms with E-state index in [4.69, 9.17) is 9.26 Å². The summed E-state index contributed by atoms with van der Waals surface area (Å²) in [5.41, 5.74) is 2.19. The number of amides is 1. The average Bonchev–Trinajstić information content (AvgIpc) is 3.24. The van der Waals surface area contributed by atoms with Gasteiger partial charge in [0, 0.05) is 7.05 Å². The zero-order chi connectivity index (χ0) is 18.7. The molecule has 0 radical (unpaired) electrons. The third-order valence-corrected chi connectivity index (χ3v) is 4.68. The predicted octanol–water partition coefficient (Wildman–Crippen LogP) is 3.84. The maximum atomic E-state index is 12.6. The van der Waals surface area contributed by atoms with E-state index >= 15 is 0 Å². The zero-order valence-corrected chi connectivity index (χ0v) is 16.0. The van der Waals surface area contributed by atoms with Gasteiger partial charge in [-0.25, -0.2) is 0 Å². The normalized spacial score (nSPS) is 12.0. The van der Waals surface area contributed by atoms with Gasteiger partial charge in [0.05, 0.1) is 11.4 Å². The first kappa shape index (κ1) is 18.1. The van der Waals surface area contributed by atoms with Crippen LogP contribution < -0.4 is 4.74 Å². The molecule has 26 heavy (non-hydrogen) atoms. The van der Waals surface area contributed by atoms with Gasteiger partial charge in [-0.05, 0) is 55.5 Å². The molecule has 7 heteroatoms. The lowest BCUT2D eigenvalue weighted by atomic mass is 10.1. The van der Waals surface area contributed by atoms with E-state index in [1.807, 2.05) is 43.5 Å². The van der Waals surface area contributed by atoms with E-state index in [-0.39, 0.29) is 12.5 Å². The molecule has 1 atom stereocenters. The van der Waals surface area contributed by atoms with Crippen LogP contribution in [0.4, 0.5) is 0 Å². The summed E-state index contributed by atoms with van der Waals surface area (Å²) < 4.78 is 11.1. The van der Waals surface area contributed by atoms with Gasteiger partial charge in [0.15, 0.2) is 6.10 Å². The molecule has 0 spiro atoms. The molecule has 136 valence electrons. The summed E-state index contributed by atoms with van der Waals surface area (Å²) in [7, 11) is 1.69. The van der Waals surface area contributed by atoms with E-state index < -0.39 is 6.10 Å². The summed E-state index contributed by atoms with van der Waals surface area (Å²) in [6.45, 7) is 5.97. The van der Waals surface area contributed by atoms with Crippen LogP contribution in [0.25, 0.3) is 10.7 Å². The van der Waals surface area contributed by atoms with E-state index in [1.54, 1.807) is 14.0 Å². The maximum Gasteiger partial charge on any atom is 0.263 e. The number of carbonyl (C=O) groups excluding carboxylic acids is 1. The Morgan fingerprint density at radius 2 is 2.04 bits per heavy atom. The molecule has 3 aromatic rings. The van der Waals surface area contributed by atoms with Crippen molar-refractivity contribution in [3.05, 3.63) is 52.7 Å². The number of nitrogens with zero attached hydrogens (tertiary/aromatic N) is 3. The van der Waals surface area contributed by atoms with Crippen molar-refractivity contribution >= 4 is 17.2 Å². The molecule has 0 aliphatic heterocycles. The number of aryl methyl sites for hydroxylation is 2. The minimum absolute atomic E-state index is 0.153. The lowest BCUT2D eigenvalue weighted by Crippen LogP contribution is -2.37. The van der Waals surface area contributed by atoms with Crippen molar-refractivity contribution in [2.45, 2.75) is 33.4 Å². The molecule has 1 unspecified atom stereocenters. The Bertz CT molecular complexity index is 869. The first-order valence-electron chi connectivity index (χ1n) is 8.29. The fraction of sp³-hybridized carbons (Fsp3) is 0.316. The topological polar surface area (TPSA) is 68.5 Å². The van der Waals surface area contributed by atoms with E-state index in [9.17, 15) is 4.79 Å². The quantitative estimate of drug-likeness (QED) is 0.658. The van der Waals surface area contributed by atoms with Gasteiger partial charge < -0.3 is 14.2 Å². The molecule has 6 nitrogen and oxygen atoms in total. The van der Waals surface area contributed by atoms with E-state index in [2.05, 4.69) is 16.2 Å². The summed E-state index contributed by atoms with van der Waals surface area (Å²) in [4.78, 5) is 19.4. The molecule has 0 saturated carbocycles. The molecular formula is C19H21N3O3S. The standard InChI is InChI=1S/C19H21N3O3S/c1-12-8-13(2)10-15(9-12)24-14(3)19(23)22(4)11-17-20-18(21-25-17)16-6-5-7-26-16/h5-10,14H,11H2,1-4H3. The Kier molecular flexibility index (Phi) is 5.37. The molecule has 1 aromatic carbocycles. The van der Waals surface area contributed by atoms with Gasteiger partial charge in [0.25, 0.3) is 5.91 Å². The van der Waals surface area contributed by atoms with Gasteiger partial charge in [-0.1, -0.05) is 17.3 Å². The molecule has 0 N–H and O–H groups in total. The lowest BCUT2D eigenvalue weighted by molar-refractivity contribution is -0.137. The van der Waals surface area contributed by atoms with Crippen molar-refractivity contribution in [2.24, 2.45) is 0 Å². The Morgan fingerprint density at radius 3 is 2.69 bits per heavy atom. The van der Waals surface area contributed by atoms with Gasteiger partial charge in [-0.15, -0.1) is 11.3 Å². The van der Waals surface area contributed by atoms with Crippen LogP contribution in [0, 0.1) is 13.8 Å². The van der Waals surface area contributed by atoms with E-state index in [0.717, 1.165) is 16.0 Å². The number of likely N-dealkylation sites (N-methyl/N-ethyl adjacent to an activating group) is 1. The molecule has 2 heterocycles. The number of carbonyl (C=O) groups is 1. The molecule has 0 bridgehead atoms. The predicted molar refractivity (Wildman–Crippen MR) is 100 cm³/mol. The highest BCUT2D eigenvalue weighted by Crippen LogP contribution is 2.22. The second-order valence-electron chi connectivity index (χ2n) is 6.27. The minimum Gasteiger partial charge on any atom is -0.481 e. The highest BCUT2D eigenvalue weighted by Gasteiger charge is 2.21. The second kappa shape index (κ2) is 7.70. The number of benzene rings is 1. The second-order valence-corrected chi connectivity index (χ2v) is 7.21. The van der Waals surface area contributed by atoms with Gasteiger partial charge in [0.2, 0.25) is 11.7 Å². The fourth-order valence-electron chi connectivity index (χ4n) is 2.67. The summed E-state index contributed by atoms with van der Waals surface area (Å²) in [6.07, 6.45) is -0.610. The smallest absolute Gasteiger partial charge is 0.263 e. The Hall–Kier alpha value is -2.67. The van der Waals surface area contributed by atoms with Crippen LogP contribution in [0.2, 0.25) is 0 Å². The van der Waals surface area contributed by atoms with E-state index in [1.165, 1.54) is 16.2 Å². The molecule has 0 aliphatic rings. The number of hydrogen-bond acceptors (Lipinski definition) is 6. The van der Waals surface area contributed by atoms with Gasteiger partial charge in [0.1, 0.15) is 5.75 Å². The molecule has 0 saturated heterocycles. The van der Waals surface area contributed by atoms with Crippen LogP contribution in [0.5, 0.6) is 5.75 Å². The van der Waals surface area contributed by atoms with Crippen molar-refractivity contribution in [3.8, 4) is 16.5 Å². The van der Waals surface area contributed by atoms with Crippen molar-refractivity contribution in [1.82, 2.24) is 15.0 Å². The molecule has 0 aliphatic carbocycles. The molecular weight excluding hydrogens is 350 g/mol. The Labute approximate surface area is 156 Å². The number of rotatable bonds is 6. The van der Waals surface area contributed by atoms with Crippen LogP contribution in [-0.4, -0.2) is 34.1 Å². The van der Waals surface area contributed by atoms with E-state index in [0.29, 0.717) is 17.5 Å². The van der Waals surface area contributed by atoms with Crippen LogP contribution in [-0.2, 0) is 11.3 Å². The first-order valence-corrected chi connectivity index (χ1v) is 9.16. The summed E-state index contributed by atoms with van der Waals surface area (Å²) in [5, 5.41) is 5.91. The van der Waals surface area contributed by atoms with Crippen LogP contribution >= 0.6 is 11.3 Å². The fourth-order valence-corrected chi connectivity index (χ4v) is 3.32. The monoisotopic (exact) mass is 371 g/mol. The minimum atomic E-state index is -0.610. The number of thiophene rings is 1. The average molecular weight is 371 g/mol. The summed E-state index contributed by atoms with van der Waals surface area (Å²) in [5.74, 6) is 1.47. The number of aromatic nitrogens is 2. The Balaban J connectivity index is 1.62.